The Balaban J connectivity index is 1.88. The van der Waals surface area contributed by atoms with Crippen LogP contribution in [0.25, 0.3) is 21.8 Å². The molecule has 0 saturated heterocycles. The maximum atomic E-state index is 13.0. The van der Waals surface area contributed by atoms with Crippen LogP contribution in [0, 0.1) is 5.92 Å². The molecule has 27 heavy (non-hydrogen) atoms. The van der Waals surface area contributed by atoms with E-state index in [1.165, 1.54) is 0 Å². The maximum absolute atomic E-state index is 13.0. The molecule has 4 rings (SSSR count). The number of hydrogen-bond donors (Lipinski definition) is 0. The highest BCUT2D eigenvalue weighted by Gasteiger charge is 2.10. The third-order valence-corrected chi connectivity index (χ3v) is 4.65. The molecule has 0 N–H and O–H groups in total. The first-order valence-electron chi connectivity index (χ1n) is 9.10. The van der Waals surface area contributed by atoms with Crippen molar-refractivity contribution in [3.63, 3.8) is 0 Å². The minimum atomic E-state index is -0.135. The summed E-state index contributed by atoms with van der Waals surface area (Å²) in [6.45, 7) is 5.26. The summed E-state index contributed by atoms with van der Waals surface area (Å²) in [5, 5.41) is 0.959. The van der Waals surface area contributed by atoms with Crippen molar-refractivity contribution in [2.75, 3.05) is 0 Å². The topological polar surface area (TPSA) is 56.9 Å². The van der Waals surface area contributed by atoms with Gasteiger partial charge in [-0.25, -0.2) is 4.98 Å². The van der Waals surface area contributed by atoms with Gasteiger partial charge in [0.2, 0.25) is 0 Å². The second-order valence-electron chi connectivity index (χ2n) is 7.26. The fourth-order valence-corrected chi connectivity index (χ4v) is 3.35. The summed E-state index contributed by atoms with van der Waals surface area (Å²) in [6.07, 6.45) is 3.54. The Morgan fingerprint density at radius 2 is 1.44 bits per heavy atom. The molecule has 0 fully saturated rings. The van der Waals surface area contributed by atoms with E-state index in [1.807, 2.05) is 42.5 Å². The summed E-state index contributed by atoms with van der Waals surface area (Å²) in [5.74, 6) is 0.358. The standard InChI is InChI=1S/C22H21N3O2/c1-15(2)13-24-10-8-19-17(21(24)26)12-18-20(23-19)9-11-25(22(18)27)14-16-6-4-3-5-7-16/h3-12,15H,13-14H2,1-2H3. The average Bonchev–Trinajstić information content (AvgIpc) is 2.66. The Hall–Kier alpha value is -3.21. The lowest BCUT2D eigenvalue weighted by atomic mass is 10.1. The molecule has 3 aromatic heterocycles. The van der Waals surface area contributed by atoms with E-state index >= 15 is 0 Å². The van der Waals surface area contributed by atoms with Crippen LogP contribution >= 0.6 is 0 Å². The van der Waals surface area contributed by atoms with Crippen LogP contribution in [-0.2, 0) is 13.1 Å². The highest BCUT2D eigenvalue weighted by Crippen LogP contribution is 2.15. The molecule has 0 aliphatic heterocycles. The molecular formula is C22H21N3O2. The van der Waals surface area contributed by atoms with Crippen LogP contribution < -0.4 is 11.1 Å². The number of rotatable bonds is 4. The molecule has 1 aromatic carbocycles. The molecule has 5 nitrogen and oxygen atoms in total. The molecule has 3 heterocycles. The highest BCUT2D eigenvalue weighted by molar-refractivity contribution is 5.91. The molecule has 0 aliphatic rings. The van der Waals surface area contributed by atoms with Gasteiger partial charge in [-0.3, -0.25) is 9.59 Å². The molecule has 0 spiro atoms. The van der Waals surface area contributed by atoms with Crippen molar-refractivity contribution in [3.05, 3.63) is 87.2 Å². The quantitative estimate of drug-likeness (QED) is 0.525. The van der Waals surface area contributed by atoms with Crippen molar-refractivity contribution in [1.29, 1.82) is 0 Å². The first kappa shape index (κ1) is 17.2. The molecule has 136 valence electrons. The Labute approximate surface area is 156 Å². The van der Waals surface area contributed by atoms with E-state index < -0.39 is 0 Å². The van der Waals surface area contributed by atoms with Crippen molar-refractivity contribution in [3.8, 4) is 0 Å². The summed E-state index contributed by atoms with van der Waals surface area (Å²) in [7, 11) is 0. The molecule has 0 atom stereocenters. The third kappa shape index (κ3) is 3.28. The predicted octanol–water partition coefficient (Wildman–Crippen LogP) is 3.42. The molecule has 0 aliphatic carbocycles. The van der Waals surface area contributed by atoms with Gasteiger partial charge in [0.25, 0.3) is 11.1 Å². The van der Waals surface area contributed by atoms with E-state index in [1.54, 1.807) is 27.6 Å². The number of nitrogens with zero attached hydrogens (tertiary/aromatic N) is 3. The summed E-state index contributed by atoms with van der Waals surface area (Å²) >= 11 is 0. The Bertz CT molecular complexity index is 1240. The fourth-order valence-electron chi connectivity index (χ4n) is 3.35. The average molecular weight is 359 g/mol. The first-order chi connectivity index (χ1) is 13.0. The molecule has 5 heteroatoms. The summed E-state index contributed by atoms with van der Waals surface area (Å²) in [6, 6.07) is 15.2. The van der Waals surface area contributed by atoms with Crippen molar-refractivity contribution in [1.82, 2.24) is 14.1 Å². The zero-order valence-corrected chi connectivity index (χ0v) is 15.4. The van der Waals surface area contributed by atoms with Crippen LogP contribution in [0.1, 0.15) is 19.4 Å². The first-order valence-corrected chi connectivity index (χ1v) is 9.10. The number of benzene rings is 1. The lowest BCUT2D eigenvalue weighted by molar-refractivity contribution is 0.513. The van der Waals surface area contributed by atoms with Crippen molar-refractivity contribution in [2.45, 2.75) is 26.9 Å². The van der Waals surface area contributed by atoms with Gasteiger partial charge in [0, 0.05) is 18.9 Å². The van der Waals surface area contributed by atoms with Crippen LogP contribution in [0.3, 0.4) is 0 Å². The van der Waals surface area contributed by atoms with Gasteiger partial charge in [-0.15, -0.1) is 0 Å². The zero-order chi connectivity index (χ0) is 19.0. The molecule has 4 aromatic rings. The minimum absolute atomic E-state index is 0.103. The van der Waals surface area contributed by atoms with E-state index in [2.05, 4.69) is 18.8 Å². The smallest absolute Gasteiger partial charge is 0.260 e. The lowest BCUT2D eigenvalue weighted by Gasteiger charge is -2.11. The zero-order valence-electron chi connectivity index (χ0n) is 15.4. The molecule has 0 unspecified atom stereocenters. The van der Waals surface area contributed by atoms with E-state index in [-0.39, 0.29) is 11.1 Å². The van der Waals surface area contributed by atoms with Crippen LogP contribution in [0.4, 0.5) is 0 Å². The van der Waals surface area contributed by atoms with Crippen LogP contribution in [0.5, 0.6) is 0 Å². The van der Waals surface area contributed by atoms with Crippen LogP contribution in [-0.4, -0.2) is 14.1 Å². The Kier molecular flexibility index (Phi) is 4.36. The number of aromatic nitrogens is 3. The van der Waals surface area contributed by atoms with Gasteiger partial charge >= 0.3 is 0 Å². The van der Waals surface area contributed by atoms with E-state index in [0.29, 0.717) is 40.8 Å². The van der Waals surface area contributed by atoms with Gasteiger partial charge in [0.05, 0.1) is 28.4 Å². The molecule has 0 radical (unpaired) electrons. The summed E-state index contributed by atoms with van der Waals surface area (Å²) < 4.78 is 3.34. The van der Waals surface area contributed by atoms with Crippen molar-refractivity contribution < 1.29 is 0 Å². The van der Waals surface area contributed by atoms with Crippen molar-refractivity contribution >= 4 is 21.8 Å². The second kappa shape index (κ2) is 6.83. The van der Waals surface area contributed by atoms with Gasteiger partial charge < -0.3 is 9.13 Å². The number of hydrogen-bond acceptors (Lipinski definition) is 3. The SMILES string of the molecule is CC(C)Cn1ccc2nc3ccn(Cc4ccccc4)c(=O)c3cc2c1=O. The van der Waals surface area contributed by atoms with Gasteiger partial charge in [0.1, 0.15) is 0 Å². The van der Waals surface area contributed by atoms with Crippen molar-refractivity contribution in [2.24, 2.45) is 5.92 Å². The van der Waals surface area contributed by atoms with Gasteiger partial charge in [0.15, 0.2) is 0 Å². The van der Waals surface area contributed by atoms with E-state index in [0.717, 1.165) is 5.56 Å². The maximum Gasteiger partial charge on any atom is 0.260 e. The third-order valence-electron chi connectivity index (χ3n) is 4.65. The molecule has 0 amide bonds. The summed E-state index contributed by atoms with van der Waals surface area (Å²) in [4.78, 5) is 30.3. The molecular weight excluding hydrogens is 338 g/mol. The summed E-state index contributed by atoms with van der Waals surface area (Å²) in [5.41, 5.74) is 2.04. The molecule has 0 bridgehead atoms. The second-order valence-corrected chi connectivity index (χ2v) is 7.26. The predicted molar refractivity (Wildman–Crippen MR) is 108 cm³/mol. The Morgan fingerprint density at radius 3 is 2.07 bits per heavy atom. The minimum Gasteiger partial charge on any atom is -0.315 e. The number of pyridine rings is 3. The lowest BCUT2D eigenvalue weighted by Crippen LogP contribution is -2.23. The fraction of sp³-hybridized carbons (Fsp3) is 0.227. The van der Waals surface area contributed by atoms with Crippen LogP contribution in [0.2, 0.25) is 0 Å². The van der Waals surface area contributed by atoms with Gasteiger partial charge in [-0.05, 0) is 29.7 Å². The van der Waals surface area contributed by atoms with Crippen LogP contribution in [0.15, 0.2) is 70.5 Å². The van der Waals surface area contributed by atoms with E-state index in [4.69, 9.17) is 0 Å². The van der Waals surface area contributed by atoms with Gasteiger partial charge in [-0.1, -0.05) is 44.2 Å². The highest BCUT2D eigenvalue weighted by atomic mass is 16.1. The van der Waals surface area contributed by atoms with Gasteiger partial charge in [-0.2, -0.15) is 0 Å². The number of fused-ring (bicyclic) bond motifs is 2. The monoisotopic (exact) mass is 359 g/mol. The van der Waals surface area contributed by atoms with E-state index in [9.17, 15) is 9.59 Å². The Morgan fingerprint density at radius 1 is 0.852 bits per heavy atom. The normalized spacial score (nSPS) is 11.5. The molecule has 0 saturated carbocycles. The largest absolute Gasteiger partial charge is 0.315 e.